The molecule has 3 aliphatic rings. The number of hydrogen-bond donors (Lipinski definition) is 0. The molecule has 182 valence electrons. The number of anilines is 1. The van der Waals surface area contributed by atoms with Gasteiger partial charge in [0.15, 0.2) is 5.75 Å². The summed E-state index contributed by atoms with van der Waals surface area (Å²) in [4.78, 5) is 24.9. The molecule has 1 amide bonds. The molecule has 0 bridgehead atoms. The molecule has 5 rings (SSSR count). The third-order valence-electron chi connectivity index (χ3n) is 7.59. The maximum absolute atomic E-state index is 14.4. The number of halogens is 1. The van der Waals surface area contributed by atoms with Gasteiger partial charge in [0.25, 0.3) is 0 Å². The van der Waals surface area contributed by atoms with E-state index in [0.29, 0.717) is 29.6 Å². The van der Waals surface area contributed by atoms with Crippen molar-refractivity contribution in [3.63, 3.8) is 0 Å². The second kappa shape index (κ2) is 10.2. The predicted molar refractivity (Wildman–Crippen MR) is 127 cm³/mol. The van der Waals surface area contributed by atoms with E-state index in [-0.39, 0.29) is 18.1 Å². The van der Waals surface area contributed by atoms with Crippen LogP contribution >= 0.6 is 0 Å². The van der Waals surface area contributed by atoms with Crippen LogP contribution in [0.15, 0.2) is 30.6 Å². The lowest BCUT2D eigenvalue weighted by Crippen LogP contribution is -2.42. The van der Waals surface area contributed by atoms with E-state index in [2.05, 4.69) is 14.9 Å². The normalized spacial score (nSPS) is 22.3. The molecule has 0 radical (unpaired) electrons. The Hall–Kier alpha value is -2.90. The summed E-state index contributed by atoms with van der Waals surface area (Å²) in [5.74, 6) is 3.87. The summed E-state index contributed by atoms with van der Waals surface area (Å²) >= 11 is 0. The Bertz CT molecular complexity index is 990. The van der Waals surface area contributed by atoms with E-state index in [0.717, 1.165) is 56.8 Å². The van der Waals surface area contributed by atoms with Crippen LogP contribution in [0.2, 0.25) is 0 Å². The lowest BCUT2D eigenvalue weighted by molar-refractivity contribution is -0.133. The second-order valence-corrected chi connectivity index (χ2v) is 9.71. The van der Waals surface area contributed by atoms with Crippen molar-refractivity contribution in [2.45, 2.75) is 38.5 Å². The zero-order valence-corrected chi connectivity index (χ0v) is 19.8. The van der Waals surface area contributed by atoms with E-state index in [1.807, 2.05) is 0 Å². The first-order chi connectivity index (χ1) is 16.6. The highest BCUT2D eigenvalue weighted by atomic mass is 19.1. The van der Waals surface area contributed by atoms with Crippen LogP contribution in [0.4, 0.5) is 10.3 Å². The molecule has 0 N–H and O–H groups in total. The van der Waals surface area contributed by atoms with Gasteiger partial charge in [0, 0.05) is 32.2 Å². The van der Waals surface area contributed by atoms with Crippen molar-refractivity contribution in [1.29, 1.82) is 0 Å². The average molecular weight is 469 g/mol. The van der Waals surface area contributed by atoms with Crippen LogP contribution in [0, 0.1) is 23.6 Å². The first-order valence-corrected chi connectivity index (χ1v) is 12.4. The van der Waals surface area contributed by atoms with Gasteiger partial charge in [-0.1, -0.05) is 6.07 Å². The van der Waals surface area contributed by atoms with Crippen LogP contribution in [-0.2, 0) is 11.2 Å². The van der Waals surface area contributed by atoms with Crippen LogP contribution in [0.1, 0.15) is 37.7 Å². The van der Waals surface area contributed by atoms with E-state index in [9.17, 15) is 9.18 Å². The fourth-order valence-electron chi connectivity index (χ4n) is 5.22. The summed E-state index contributed by atoms with van der Waals surface area (Å²) < 4.78 is 25.4. The Labute approximate surface area is 200 Å². The van der Waals surface area contributed by atoms with E-state index < -0.39 is 0 Å². The molecule has 1 aromatic carbocycles. The van der Waals surface area contributed by atoms with Gasteiger partial charge in [-0.2, -0.15) is 0 Å². The lowest BCUT2D eigenvalue weighted by atomic mass is 9.90. The largest absolute Gasteiger partial charge is 0.494 e. The summed E-state index contributed by atoms with van der Waals surface area (Å²) in [6.45, 7) is 4.16. The Morgan fingerprint density at radius 3 is 2.53 bits per heavy atom. The minimum absolute atomic E-state index is 0.000882. The summed E-state index contributed by atoms with van der Waals surface area (Å²) in [7, 11) is 1.62. The number of piperidine rings is 1. The van der Waals surface area contributed by atoms with E-state index in [1.54, 1.807) is 36.5 Å². The number of carbonyl (C=O) groups excluding carboxylic acids is 1. The minimum atomic E-state index is -0.358. The smallest absolute Gasteiger partial charge is 0.227 e. The molecule has 2 saturated heterocycles. The van der Waals surface area contributed by atoms with Crippen molar-refractivity contribution >= 4 is 11.9 Å². The summed E-state index contributed by atoms with van der Waals surface area (Å²) in [5, 5.41) is 0. The molecular formula is C26H33FN4O3. The van der Waals surface area contributed by atoms with Gasteiger partial charge in [-0.3, -0.25) is 4.79 Å². The second-order valence-electron chi connectivity index (χ2n) is 9.71. The SMILES string of the molecule is COc1cnc(N2CCC(C3C[C@H]3CCOc3ccc(CC(=O)N4CCC4)c(F)c3)CC2)nc1. The Balaban J connectivity index is 1.02. The highest BCUT2D eigenvalue weighted by Gasteiger charge is 2.43. The molecule has 34 heavy (non-hydrogen) atoms. The van der Waals surface area contributed by atoms with Gasteiger partial charge < -0.3 is 19.3 Å². The molecule has 0 spiro atoms. The number of rotatable bonds is 9. The van der Waals surface area contributed by atoms with Crippen molar-refractivity contribution in [1.82, 2.24) is 14.9 Å². The molecule has 2 aliphatic heterocycles. The maximum atomic E-state index is 14.4. The summed E-state index contributed by atoms with van der Waals surface area (Å²) in [5.41, 5.74) is 0.442. The van der Waals surface area contributed by atoms with Crippen LogP contribution in [0.5, 0.6) is 11.5 Å². The zero-order valence-electron chi connectivity index (χ0n) is 19.8. The number of carbonyl (C=O) groups is 1. The average Bonchev–Trinajstić information content (AvgIpc) is 3.59. The number of likely N-dealkylation sites (tertiary alicyclic amines) is 1. The van der Waals surface area contributed by atoms with Gasteiger partial charge in [-0.15, -0.1) is 0 Å². The number of benzene rings is 1. The quantitative estimate of drug-likeness (QED) is 0.559. The summed E-state index contributed by atoms with van der Waals surface area (Å²) in [6, 6.07) is 4.88. The van der Waals surface area contributed by atoms with Crippen molar-refractivity contribution in [3.05, 3.63) is 42.0 Å². The number of methoxy groups -OCH3 is 1. The Kier molecular flexibility index (Phi) is 6.83. The van der Waals surface area contributed by atoms with Gasteiger partial charge in [0.05, 0.1) is 32.5 Å². The lowest BCUT2D eigenvalue weighted by Gasteiger charge is -2.32. The standard InChI is InChI=1S/C26H33FN4O3/c1-33-22-16-28-26(29-17-22)31-10-5-18(6-11-31)23-13-19(23)7-12-34-21-4-3-20(24(27)15-21)14-25(32)30-8-2-9-30/h3-4,15-19,23H,2,5-14H2,1H3/t19-,23?/m1/s1. The third-order valence-corrected chi connectivity index (χ3v) is 7.59. The van der Waals surface area contributed by atoms with Crippen LogP contribution < -0.4 is 14.4 Å². The molecule has 7 nitrogen and oxygen atoms in total. The van der Waals surface area contributed by atoms with Gasteiger partial charge in [0.2, 0.25) is 11.9 Å². The molecular weight excluding hydrogens is 435 g/mol. The first kappa shape index (κ1) is 22.9. The van der Waals surface area contributed by atoms with Gasteiger partial charge in [-0.25, -0.2) is 14.4 Å². The fourth-order valence-corrected chi connectivity index (χ4v) is 5.22. The topological polar surface area (TPSA) is 67.8 Å². The maximum Gasteiger partial charge on any atom is 0.227 e. The molecule has 1 saturated carbocycles. The third kappa shape index (κ3) is 5.26. The molecule has 1 aromatic heterocycles. The molecule has 1 aliphatic carbocycles. The summed E-state index contributed by atoms with van der Waals surface area (Å²) in [6.07, 6.45) is 9.21. The van der Waals surface area contributed by atoms with Gasteiger partial charge >= 0.3 is 0 Å². The zero-order chi connectivity index (χ0) is 23.5. The number of amides is 1. The van der Waals surface area contributed by atoms with Crippen molar-refractivity contribution < 1.29 is 18.7 Å². The van der Waals surface area contributed by atoms with Crippen molar-refractivity contribution in [3.8, 4) is 11.5 Å². The number of ether oxygens (including phenoxy) is 2. The molecule has 3 heterocycles. The highest BCUT2D eigenvalue weighted by molar-refractivity contribution is 5.79. The number of hydrogen-bond acceptors (Lipinski definition) is 6. The monoisotopic (exact) mass is 468 g/mol. The number of aromatic nitrogens is 2. The molecule has 1 unspecified atom stereocenters. The van der Waals surface area contributed by atoms with Crippen LogP contribution in [0.3, 0.4) is 0 Å². The molecule has 2 aromatic rings. The predicted octanol–water partition coefficient (Wildman–Crippen LogP) is 3.72. The van der Waals surface area contributed by atoms with Crippen LogP contribution in [0.25, 0.3) is 0 Å². The van der Waals surface area contributed by atoms with Gasteiger partial charge in [-0.05, 0) is 61.5 Å². The van der Waals surface area contributed by atoms with E-state index >= 15 is 0 Å². The van der Waals surface area contributed by atoms with E-state index in [4.69, 9.17) is 9.47 Å². The fraction of sp³-hybridized carbons (Fsp3) is 0.577. The minimum Gasteiger partial charge on any atom is -0.494 e. The Morgan fingerprint density at radius 1 is 1.12 bits per heavy atom. The number of nitrogens with zero attached hydrogens (tertiary/aromatic N) is 4. The first-order valence-electron chi connectivity index (χ1n) is 12.4. The van der Waals surface area contributed by atoms with Crippen molar-refractivity contribution in [2.24, 2.45) is 17.8 Å². The van der Waals surface area contributed by atoms with Gasteiger partial charge in [0.1, 0.15) is 11.6 Å². The molecule has 3 fully saturated rings. The van der Waals surface area contributed by atoms with Crippen molar-refractivity contribution in [2.75, 3.05) is 44.8 Å². The van der Waals surface area contributed by atoms with E-state index in [1.165, 1.54) is 25.3 Å². The molecule has 8 heteroatoms. The Morgan fingerprint density at radius 2 is 1.88 bits per heavy atom. The van der Waals surface area contributed by atoms with Crippen LogP contribution in [-0.4, -0.2) is 60.7 Å². The molecule has 2 atom stereocenters. The highest BCUT2D eigenvalue weighted by Crippen LogP contribution is 2.49.